The number of carbonyl (C=O) groups excluding carboxylic acids is 1. The molecule has 1 aromatic heterocycles. The maximum Gasteiger partial charge on any atom is 0.223 e. The Balaban J connectivity index is 1.76. The molecule has 2 rings (SSSR count). The van der Waals surface area contributed by atoms with Crippen molar-refractivity contribution >= 4 is 28.8 Å². The van der Waals surface area contributed by atoms with Gasteiger partial charge in [-0.2, -0.15) is 0 Å². The molecular formula is C15H15ClFNO2S. The highest BCUT2D eigenvalue weighted by Gasteiger charge is 2.12. The van der Waals surface area contributed by atoms with E-state index < -0.39 is 5.82 Å². The number of amides is 1. The molecule has 1 heterocycles. The number of hydrogen-bond acceptors (Lipinski definition) is 3. The molecule has 3 nitrogen and oxygen atoms in total. The van der Waals surface area contributed by atoms with E-state index in [2.05, 4.69) is 5.32 Å². The normalized spacial score (nSPS) is 12.0. The van der Waals surface area contributed by atoms with Gasteiger partial charge in [0.05, 0.1) is 23.4 Å². The Morgan fingerprint density at radius 3 is 2.81 bits per heavy atom. The van der Waals surface area contributed by atoms with E-state index in [1.165, 1.54) is 23.5 Å². The average molecular weight is 328 g/mol. The molecule has 0 radical (unpaired) electrons. The van der Waals surface area contributed by atoms with Gasteiger partial charge in [0.15, 0.2) is 11.6 Å². The van der Waals surface area contributed by atoms with E-state index in [4.69, 9.17) is 16.3 Å². The zero-order valence-corrected chi connectivity index (χ0v) is 13.0. The minimum absolute atomic E-state index is 0.108. The highest BCUT2D eigenvalue weighted by molar-refractivity contribution is 7.16. The zero-order chi connectivity index (χ0) is 15.2. The summed E-state index contributed by atoms with van der Waals surface area (Å²) in [6, 6.07) is 9.69. The second-order valence-corrected chi connectivity index (χ2v) is 6.21. The Bertz CT molecular complexity index is 617. The van der Waals surface area contributed by atoms with Gasteiger partial charge in [-0.3, -0.25) is 4.79 Å². The fourth-order valence-corrected chi connectivity index (χ4v) is 2.82. The lowest BCUT2D eigenvalue weighted by Gasteiger charge is -2.12. The number of hydrogen-bond donors (Lipinski definition) is 1. The molecule has 1 aromatic carbocycles. The second-order valence-electron chi connectivity index (χ2n) is 4.46. The van der Waals surface area contributed by atoms with Crippen molar-refractivity contribution in [3.63, 3.8) is 0 Å². The summed E-state index contributed by atoms with van der Waals surface area (Å²) in [5, 5.41) is 2.85. The molecule has 2 aromatic rings. The fraction of sp³-hybridized carbons (Fsp3) is 0.267. The molecule has 6 heteroatoms. The monoisotopic (exact) mass is 327 g/mol. The van der Waals surface area contributed by atoms with Crippen LogP contribution in [0.1, 0.15) is 24.3 Å². The van der Waals surface area contributed by atoms with Gasteiger partial charge < -0.3 is 10.1 Å². The van der Waals surface area contributed by atoms with Crippen LogP contribution in [0.2, 0.25) is 4.34 Å². The molecular weight excluding hydrogens is 313 g/mol. The molecule has 112 valence electrons. The molecule has 0 saturated heterocycles. The molecule has 1 amide bonds. The zero-order valence-electron chi connectivity index (χ0n) is 11.4. The number of ether oxygens (including phenoxy) is 1. The number of rotatable bonds is 6. The first-order chi connectivity index (χ1) is 10.1. The Hall–Kier alpha value is -1.59. The second kappa shape index (κ2) is 7.43. The molecule has 1 atom stereocenters. The summed E-state index contributed by atoms with van der Waals surface area (Å²) < 4.78 is 19.2. The van der Waals surface area contributed by atoms with Crippen LogP contribution in [0.4, 0.5) is 4.39 Å². The van der Waals surface area contributed by atoms with E-state index >= 15 is 0 Å². The summed E-state index contributed by atoms with van der Waals surface area (Å²) in [4.78, 5) is 12.8. The Morgan fingerprint density at radius 1 is 1.38 bits per heavy atom. The van der Waals surface area contributed by atoms with Crippen LogP contribution < -0.4 is 10.1 Å². The molecule has 0 spiro atoms. The predicted octanol–water partition coefficient (Wildman–Crippen LogP) is 4.19. The van der Waals surface area contributed by atoms with Gasteiger partial charge in [-0.1, -0.05) is 23.7 Å². The Morgan fingerprint density at radius 2 is 2.14 bits per heavy atom. The molecule has 0 fully saturated rings. The quantitative estimate of drug-likeness (QED) is 0.864. The lowest BCUT2D eigenvalue weighted by atomic mass is 10.2. The summed E-state index contributed by atoms with van der Waals surface area (Å²) in [5.41, 5.74) is 0. The van der Waals surface area contributed by atoms with E-state index in [0.717, 1.165) is 4.88 Å². The molecule has 0 aliphatic heterocycles. The van der Waals surface area contributed by atoms with Gasteiger partial charge in [-0.15, -0.1) is 11.3 Å². The van der Waals surface area contributed by atoms with Crippen LogP contribution in [-0.2, 0) is 4.79 Å². The first kappa shape index (κ1) is 15.8. The van der Waals surface area contributed by atoms with E-state index in [9.17, 15) is 9.18 Å². The lowest BCUT2D eigenvalue weighted by molar-refractivity contribution is -0.122. The Labute approximate surface area is 131 Å². The van der Waals surface area contributed by atoms with E-state index in [1.807, 2.05) is 13.0 Å². The van der Waals surface area contributed by atoms with E-state index in [0.29, 0.717) is 4.34 Å². The third kappa shape index (κ3) is 4.72. The molecule has 0 bridgehead atoms. The van der Waals surface area contributed by atoms with Gasteiger partial charge in [0.1, 0.15) is 0 Å². The summed E-state index contributed by atoms with van der Waals surface area (Å²) in [7, 11) is 0. The lowest BCUT2D eigenvalue weighted by Crippen LogP contribution is -2.27. The topological polar surface area (TPSA) is 38.3 Å². The van der Waals surface area contributed by atoms with Gasteiger partial charge in [0.2, 0.25) is 5.91 Å². The molecule has 1 N–H and O–H groups in total. The largest absolute Gasteiger partial charge is 0.490 e. The number of thiophene rings is 1. The summed E-state index contributed by atoms with van der Waals surface area (Å²) in [6.07, 6.45) is 0.164. The van der Waals surface area contributed by atoms with Crippen LogP contribution in [0.25, 0.3) is 0 Å². The molecule has 21 heavy (non-hydrogen) atoms. The van der Waals surface area contributed by atoms with Crippen LogP contribution in [-0.4, -0.2) is 12.5 Å². The van der Waals surface area contributed by atoms with Crippen LogP contribution in [0.5, 0.6) is 5.75 Å². The van der Waals surface area contributed by atoms with Crippen LogP contribution in [0.15, 0.2) is 36.4 Å². The molecule has 0 saturated carbocycles. The number of benzene rings is 1. The standard InChI is InChI=1S/C15H15ClFNO2S/c1-10(13-6-7-14(16)21-13)18-15(19)8-9-20-12-5-3-2-4-11(12)17/h2-7,10H,8-9H2,1H3,(H,18,19). The maximum atomic E-state index is 13.3. The van der Waals surface area contributed by atoms with Gasteiger partial charge in [0.25, 0.3) is 0 Å². The van der Waals surface area contributed by atoms with Crippen LogP contribution >= 0.6 is 22.9 Å². The third-order valence-corrected chi connectivity index (χ3v) is 4.24. The molecule has 0 aliphatic rings. The molecule has 1 unspecified atom stereocenters. The number of carbonyl (C=O) groups is 1. The van der Waals surface area contributed by atoms with Crippen molar-refractivity contribution in [3.8, 4) is 5.75 Å². The summed E-state index contributed by atoms with van der Waals surface area (Å²) in [6.45, 7) is 2.02. The predicted molar refractivity (Wildman–Crippen MR) is 82.4 cm³/mol. The van der Waals surface area contributed by atoms with Crippen molar-refractivity contribution in [1.29, 1.82) is 0 Å². The fourth-order valence-electron chi connectivity index (χ4n) is 1.76. The average Bonchev–Trinajstić information content (AvgIpc) is 2.88. The summed E-state index contributed by atoms with van der Waals surface area (Å²) in [5.74, 6) is -0.425. The van der Waals surface area contributed by atoms with Crippen LogP contribution in [0.3, 0.4) is 0 Å². The number of para-hydroxylation sites is 1. The highest BCUT2D eigenvalue weighted by Crippen LogP contribution is 2.26. The smallest absolute Gasteiger partial charge is 0.223 e. The minimum Gasteiger partial charge on any atom is -0.490 e. The van der Waals surface area contributed by atoms with Crippen molar-refractivity contribution in [2.75, 3.05) is 6.61 Å². The third-order valence-electron chi connectivity index (χ3n) is 2.82. The first-order valence-corrected chi connectivity index (χ1v) is 7.67. The Kier molecular flexibility index (Phi) is 5.59. The minimum atomic E-state index is -0.431. The summed E-state index contributed by atoms with van der Waals surface area (Å²) >= 11 is 7.29. The van der Waals surface area contributed by atoms with Crippen molar-refractivity contribution < 1.29 is 13.9 Å². The number of nitrogens with one attached hydrogen (secondary N) is 1. The SMILES string of the molecule is CC(NC(=O)CCOc1ccccc1F)c1ccc(Cl)s1. The maximum absolute atomic E-state index is 13.3. The van der Waals surface area contributed by atoms with Crippen molar-refractivity contribution in [1.82, 2.24) is 5.32 Å². The van der Waals surface area contributed by atoms with Crippen molar-refractivity contribution in [3.05, 3.63) is 51.4 Å². The van der Waals surface area contributed by atoms with Gasteiger partial charge in [-0.05, 0) is 31.2 Å². The van der Waals surface area contributed by atoms with Gasteiger partial charge >= 0.3 is 0 Å². The first-order valence-electron chi connectivity index (χ1n) is 6.48. The van der Waals surface area contributed by atoms with E-state index in [1.54, 1.807) is 18.2 Å². The highest BCUT2D eigenvalue weighted by atomic mass is 35.5. The van der Waals surface area contributed by atoms with Crippen molar-refractivity contribution in [2.24, 2.45) is 0 Å². The number of halogens is 2. The van der Waals surface area contributed by atoms with Gasteiger partial charge in [-0.25, -0.2) is 4.39 Å². The molecule has 0 aliphatic carbocycles. The van der Waals surface area contributed by atoms with E-state index in [-0.39, 0.29) is 30.7 Å². The van der Waals surface area contributed by atoms with Crippen molar-refractivity contribution in [2.45, 2.75) is 19.4 Å². The van der Waals surface area contributed by atoms with Crippen LogP contribution in [0, 0.1) is 5.82 Å². The van der Waals surface area contributed by atoms with Gasteiger partial charge in [0, 0.05) is 4.88 Å².